The standard InChI is InChI=1S/C12H17NO/c1-7-5-10(6-8(2)12(7)14)11(13)9-3-4-9/h5-6,9,11,14H,3-4,13H2,1-2H3/t11-/m0/s1. The molecule has 1 atom stereocenters. The fourth-order valence-electron chi connectivity index (χ4n) is 1.91. The van der Waals surface area contributed by atoms with Gasteiger partial charge >= 0.3 is 0 Å². The van der Waals surface area contributed by atoms with E-state index in [9.17, 15) is 5.11 Å². The molecule has 1 aromatic rings. The Morgan fingerprint density at radius 2 is 1.79 bits per heavy atom. The summed E-state index contributed by atoms with van der Waals surface area (Å²) < 4.78 is 0. The van der Waals surface area contributed by atoms with Crippen LogP contribution in [-0.4, -0.2) is 5.11 Å². The maximum atomic E-state index is 9.63. The quantitative estimate of drug-likeness (QED) is 0.754. The predicted octanol–water partition coefficient (Wildman–Crippen LogP) is 2.42. The third-order valence-electron chi connectivity index (χ3n) is 3.03. The Morgan fingerprint density at radius 3 is 2.21 bits per heavy atom. The molecule has 0 amide bonds. The molecule has 0 unspecified atom stereocenters. The average molecular weight is 191 g/mol. The normalized spacial score (nSPS) is 18.2. The Hall–Kier alpha value is -1.02. The molecule has 1 fully saturated rings. The topological polar surface area (TPSA) is 46.2 Å². The van der Waals surface area contributed by atoms with Crippen molar-refractivity contribution in [1.82, 2.24) is 0 Å². The number of nitrogens with two attached hydrogens (primary N) is 1. The van der Waals surface area contributed by atoms with Crippen LogP contribution in [0.3, 0.4) is 0 Å². The molecule has 2 nitrogen and oxygen atoms in total. The summed E-state index contributed by atoms with van der Waals surface area (Å²) >= 11 is 0. The predicted molar refractivity (Wildman–Crippen MR) is 57.2 cm³/mol. The molecule has 1 saturated carbocycles. The van der Waals surface area contributed by atoms with Crippen molar-refractivity contribution < 1.29 is 5.11 Å². The van der Waals surface area contributed by atoms with E-state index in [1.54, 1.807) is 0 Å². The summed E-state index contributed by atoms with van der Waals surface area (Å²) in [6.07, 6.45) is 2.50. The second-order valence-electron chi connectivity index (χ2n) is 4.37. The Morgan fingerprint density at radius 1 is 1.29 bits per heavy atom. The number of aryl methyl sites for hydroxylation is 2. The van der Waals surface area contributed by atoms with Crippen molar-refractivity contribution >= 4 is 0 Å². The van der Waals surface area contributed by atoms with Crippen molar-refractivity contribution in [3.63, 3.8) is 0 Å². The zero-order valence-corrected chi connectivity index (χ0v) is 8.75. The zero-order valence-electron chi connectivity index (χ0n) is 8.75. The Kier molecular flexibility index (Phi) is 2.23. The highest BCUT2D eigenvalue weighted by atomic mass is 16.3. The SMILES string of the molecule is Cc1cc([C@@H](N)C2CC2)cc(C)c1O. The molecule has 0 aliphatic heterocycles. The minimum absolute atomic E-state index is 0.160. The van der Waals surface area contributed by atoms with Crippen molar-refractivity contribution in [3.8, 4) is 5.75 Å². The van der Waals surface area contributed by atoms with Crippen LogP contribution in [0.2, 0.25) is 0 Å². The van der Waals surface area contributed by atoms with E-state index in [-0.39, 0.29) is 6.04 Å². The number of phenolic OH excluding ortho intramolecular Hbond substituents is 1. The van der Waals surface area contributed by atoms with Gasteiger partial charge in [0, 0.05) is 6.04 Å². The van der Waals surface area contributed by atoms with Crippen molar-refractivity contribution in [2.45, 2.75) is 32.7 Å². The molecule has 2 rings (SSSR count). The number of aromatic hydroxyl groups is 1. The lowest BCUT2D eigenvalue weighted by molar-refractivity contribution is 0.466. The van der Waals surface area contributed by atoms with Crippen molar-refractivity contribution in [1.29, 1.82) is 0 Å². The van der Waals surface area contributed by atoms with Crippen LogP contribution in [0.1, 0.15) is 35.6 Å². The van der Waals surface area contributed by atoms with E-state index in [1.165, 1.54) is 18.4 Å². The molecule has 14 heavy (non-hydrogen) atoms. The largest absolute Gasteiger partial charge is 0.507 e. The van der Waals surface area contributed by atoms with Crippen LogP contribution in [0, 0.1) is 19.8 Å². The monoisotopic (exact) mass is 191 g/mol. The maximum Gasteiger partial charge on any atom is 0.121 e. The van der Waals surface area contributed by atoms with Gasteiger partial charge in [-0.2, -0.15) is 0 Å². The molecular formula is C12H17NO. The summed E-state index contributed by atoms with van der Waals surface area (Å²) in [4.78, 5) is 0. The molecule has 1 aromatic carbocycles. The highest BCUT2D eigenvalue weighted by molar-refractivity contribution is 5.43. The fraction of sp³-hybridized carbons (Fsp3) is 0.500. The Labute approximate surface area is 84.7 Å². The number of rotatable bonds is 2. The van der Waals surface area contributed by atoms with Gasteiger partial charge in [-0.25, -0.2) is 0 Å². The maximum absolute atomic E-state index is 9.63. The van der Waals surface area contributed by atoms with Crippen LogP contribution < -0.4 is 5.73 Å². The molecule has 1 aliphatic carbocycles. The van der Waals surface area contributed by atoms with Crippen molar-refractivity contribution in [3.05, 3.63) is 28.8 Å². The van der Waals surface area contributed by atoms with Crippen LogP contribution in [-0.2, 0) is 0 Å². The van der Waals surface area contributed by atoms with Gasteiger partial charge in [-0.3, -0.25) is 0 Å². The molecular weight excluding hydrogens is 174 g/mol. The van der Waals surface area contributed by atoms with E-state index in [0.29, 0.717) is 11.7 Å². The summed E-state index contributed by atoms with van der Waals surface area (Å²) in [7, 11) is 0. The van der Waals surface area contributed by atoms with E-state index in [4.69, 9.17) is 5.73 Å². The second-order valence-corrected chi connectivity index (χ2v) is 4.37. The fourth-order valence-corrected chi connectivity index (χ4v) is 1.91. The van der Waals surface area contributed by atoms with Gasteiger partial charge in [0.1, 0.15) is 5.75 Å². The van der Waals surface area contributed by atoms with Gasteiger partial charge in [-0.15, -0.1) is 0 Å². The summed E-state index contributed by atoms with van der Waals surface area (Å²) in [6, 6.07) is 4.17. The Bertz CT molecular complexity index is 332. The van der Waals surface area contributed by atoms with Gasteiger partial charge < -0.3 is 10.8 Å². The molecule has 1 aliphatic rings. The van der Waals surface area contributed by atoms with Gasteiger partial charge in [-0.1, -0.05) is 12.1 Å². The van der Waals surface area contributed by atoms with E-state index >= 15 is 0 Å². The third kappa shape index (κ3) is 1.62. The minimum Gasteiger partial charge on any atom is -0.507 e. The smallest absolute Gasteiger partial charge is 0.121 e. The number of hydrogen-bond acceptors (Lipinski definition) is 2. The highest BCUT2D eigenvalue weighted by Gasteiger charge is 2.29. The van der Waals surface area contributed by atoms with Gasteiger partial charge in [0.15, 0.2) is 0 Å². The zero-order chi connectivity index (χ0) is 10.3. The van der Waals surface area contributed by atoms with Crippen LogP contribution in [0.25, 0.3) is 0 Å². The number of phenols is 1. The molecule has 3 N–H and O–H groups in total. The molecule has 0 bridgehead atoms. The lowest BCUT2D eigenvalue weighted by Gasteiger charge is -2.13. The summed E-state index contributed by atoms with van der Waals surface area (Å²) in [5.74, 6) is 1.06. The van der Waals surface area contributed by atoms with Crippen LogP contribution in [0.4, 0.5) is 0 Å². The van der Waals surface area contributed by atoms with Gasteiger partial charge in [0.05, 0.1) is 0 Å². The van der Waals surface area contributed by atoms with Gasteiger partial charge in [-0.05, 0) is 49.3 Å². The first-order chi connectivity index (χ1) is 6.59. The second kappa shape index (κ2) is 3.28. The first-order valence-electron chi connectivity index (χ1n) is 5.15. The molecule has 0 aromatic heterocycles. The van der Waals surface area contributed by atoms with E-state index in [1.807, 2.05) is 26.0 Å². The summed E-state index contributed by atoms with van der Waals surface area (Å²) in [5, 5.41) is 9.63. The summed E-state index contributed by atoms with van der Waals surface area (Å²) in [6.45, 7) is 3.84. The van der Waals surface area contributed by atoms with Crippen LogP contribution in [0.5, 0.6) is 5.75 Å². The third-order valence-corrected chi connectivity index (χ3v) is 3.03. The molecule has 0 heterocycles. The molecule has 0 radical (unpaired) electrons. The van der Waals surface area contributed by atoms with Gasteiger partial charge in [0.25, 0.3) is 0 Å². The van der Waals surface area contributed by atoms with Crippen molar-refractivity contribution in [2.24, 2.45) is 11.7 Å². The van der Waals surface area contributed by atoms with Crippen LogP contribution >= 0.6 is 0 Å². The average Bonchev–Trinajstić information content (AvgIpc) is 2.95. The van der Waals surface area contributed by atoms with Gasteiger partial charge in [0.2, 0.25) is 0 Å². The lowest BCUT2D eigenvalue weighted by atomic mass is 9.98. The molecule has 0 spiro atoms. The van der Waals surface area contributed by atoms with E-state index in [2.05, 4.69) is 0 Å². The first kappa shape index (κ1) is 9.53. The lowest BCUT2D eigenvalue weighted by Crippen LogP contribution is -2.12. The van der Waals surface area contributed by atoms with Crippen LogP contribution in [0.15, 0.2) is 12.1 Å². The Balaban J connectivity index is 2.34. The van der Waals surface area contributed by atoms with Crippen molar-refractivity contribution in [2.75, 3.05) is 0 Å². The first-order valence-corrected chi connectivity index (χ1v) is 5.15. The minimum atomic E-state index is 0.160. The summed E-state index contributed by atoms with van der Waals surface area (Å²) in [5.41, 5.74) is 9.13. The molecule has 2 heteroatoms. The molecule has 76 valence electrons. The van der Waals surface area contributed by atoms with E-state index in [0.717, 1.165) is 11.1 Å². The number of hydrogen-bond donors (Lipinski definition) is 2. The highest BCUT2D eigenvalue weighted by Crippen LogP contribution is 2.40. The number of benzene rings is 1. The van der Waals surface area contributed by atoms with E-state index < -0.39 is 0 Å². The molecule has 0 saturated heterocycles.